The van der Waals surface area contributed by atoms with Gasteiger partial charge in [0.1, 0.15) is 11.1 Å². The summed E-state index contributed by atoms with van der Waals surface area (Å²) in [7, 11) is 0. The van der Waals surface area contributed by atoms with E-state index in [-0.39, 0.29) is 6.23 Å². The van der Waals surface area contributed by atoms with Gasteiger partial charge in [-0.05, 0) is 49.6 Å². The number of halogens is 1. The van der Waals surface area contributed by atoms with Crippen LogP contribution in [0.25, 0.3) is 27.0 Å². The Morgan fingerprint density at radius 1 is 1.30 bits per heavy atom. The molecular formula is C20H19FN4OS. The van der Waals surface area contributed by atoms with E-state index >= 15 is 0 Å². The largest absolute Gasteiger partial charge is 0.404 e. The molecule has 7 heteroatoms. The van der Waals surface area contributed by atoms with Gasteiger partial charge in [0.05, 0.1) is 5.69 Å². The number of nitrogens with two attached hydrogens (primary N) is 1. The second kappa shape index (κ2) is 7.94. The summed E-state index contributed by atoms with van der Waals surface area (Å²) in [6, 6.07) is 8.96. The number of hydrogen-bond acceptors (Lipinski definition) is 6. The molecule has 3 aromatic heterocycles. The van der Waals surface area contributed by atoms with Gasteiger partial charge in [-0.15, -0.1) is 11.3 Å². The highest BCUT2D eigenvalue weighted by atomic mass is 32.1. The van der Waals surface area contributed by atoms with Crippen molar-refractivity contribution >= 4 is 33.3 Å². The Bertz CT molecular complexity index is 991. The maximum atomic E-state index is 13.0. The van der Waals surface area contributed by atoms with Crippen LogP contribution in [0.3, 0.4) is 0 Å². The van der Waals surface area contributed by atoms with Crippen LogP contribution >= 0.6 is 11.3 Å². The Morgan fingerprint density at radius 3 is 2.96 bits per heavy atom. The van der Waals surface area contributed by atoms with Gasteiger partial charge in [-0.1, -0.05) is 0 Å². The third-order valence-corrected chi connectivity index (χ3v) is 5.50. The summed E-state index contributed by atoms with van der Waals surface area (Å²) in [4.78, 5) is 14.8. The monoisotopic (exact) mass is 382 g/mol. The predicted molar refractivity (Wildman–Crippen MR) is 107 cm³/mol. The molecule has 1 aliphatic rings. The van der Waals surface area contributed by atoms with Gasteiger partial charge >= 0.3 is 0 Å². The van der Waals surface area contributed by atoms with E-state index in [9.17, 15) is 4.39 Å². The highest BCUT2D eigenvalue weighted by molar-refractivity contribution is 7.19. The molecule has 1 aliphatic heterocycles. The molecule has 1 saturated heterocycles. The molecule has 4 heterocycles. The molecule has 2 N–H and O–H groups in total. The van der Waals surface area contributed by atoms with E-state index in [0.717, 1.165) is 57.8 Å². The van der Waals surface area contributed by atoms with Gasteiger partial charge < -0.3 is 10.5 Å². The maximum absolute atomic E-state index is 13.0. The Kier molecular flexibility index (Phi) is 5.22. The van der Waals surface area contributed by atoms with Gasteiger partial charge in [0.15, 0.2) is 0 Å². The molecule has 0 aromatic carbocycles. The zero-order valence-electron chi connectivity index (χ0n) is 14.6. The lowest BCUT2D eigenvalue weighted by Gasteiger charge is -2.18. The fourth-order valence-corrected chi connectivity index (χ4v) is 3.96. The minimum Gasteiger partial charge on any atom is -0.404 e. The maximum Gasteiger partial charge on any atom is 0.212 e. The molecule has 1 unspecified atom stereocenters. The van der Waals surface area contributed by atoms with Crippen molar-refractivity contribution in [3.8, 4) is 11.3 Å². The average molecular weight is 382 g/mol. The standard InChI is InChI=1S/C20H19FN4OS/c21-18-7-5-14(11-23-18)16-6-4-13-9-17(27-20(13)25-16)15(10-22)12-24-19-3-1-2-8-26-19/h4-7,9-12,19H,1-3,8,22H2. The lowest BCUT2D eigenvalue weighted by molar-refractivity contribution is 0.0227. The number of aliphatic imine (C=N–C) groups is 1. The zero-order valence-corrected chi connectivity index (χ0v) is 15.5. The first-order valence-electron chi connectivity index (χ1n) is 8.82. The predicted octanol–water partition coefficient (Wildman–Crippen LogP) is 4.39. The first-order chi connectivity index (χ1) is 13.2. The number of ether oxygens (including phenoxy) is 1. The third-order valence-electron chi connectivity index (χ3n) is 4.41. The molecule has 27 heavy (non-hydrogen) atoms. The van der Waals surface area contributed by atoms with Gasteiger partial charge in [-0.25, -0.2) is 9.97 Å². The van der Waals surface area contributed by atoms with E-state index in [1.807, 2.05) is 18.2 Å². The van der Waals surface area contributed by atoms with Crippen molar-refractivity contribution in [3.63, 3.8) is 0 Å². The number of pyridine rings is 2. The first kappa shape index (κ1) is 17.8. The van der Waals surface area contributed by atoms with Crippen molar-refractivity contribution in [2.45, 2.75) is 25.5 Å². The molecule has 0 aliphatic carbocycles. The number of aromatic nitrogens is 2. The summed E-state index contributed by atoms with van der Waals surface area (Å²) < 4.78 is 18.7. The van der Waals surface area contributed by atoms with Crippen molar-refractivity contribution in [1.29, 1.82) is 0 Å². The van der Waals surface area contributed by atoms with Crippen molar-refractivity contribution < 1.29 is 9.13 Å². The van der Waals surface area contributed by atoms with Gasteiger partial charge in [-0.3, -0.25) is 4.99 Å². The van der Waals surface area contributed by atoms with Crippen LogP contribution in [0, 0.1) is 5.95 Å². The molecule has 1 fully saturated rings. The minimum absolute atomic E-state index is 0.0845. The van der Waals surface area contributed by atoms with Crippen LogP contribution < -0.4 is 5.73 Å². The molecule has 138 valence electrons. The van der Waals surface area contributed by atoms with Gasteiger partial charge in [-0.2, -0.15) is 4.39 Å². The summed E-state index contributed by atoms with van der Waals surface area (Å²) in [6.45, 7) is 0.761. The van der Waals surface area contributed by atoms with E-state index in [1.54, 1.807) is 29.8 Å². The molecule has 0 saturated carbocycles. The molecule has 3 aromatic rings. The molecule has 5 nitrogen and oxygen atoms in total. The Morgan fingerprint density at radius 2 is 2.22 bits per heavy atom. The lowest BCUT2D eigenvalue weighted by atomic mass is 10.1. The van der Waals surface area contributed by atoms with E-state index in [4.69, 9.17) is 10.5 Å². The minimum atomic E-state index is -0.503. The fourth-order valence-electron chi connectivity index (χ4n) is 2.94. The topological polar surface area (TPSA) is 73.4 Å². The SMILES string of the molecule is NC=C(C=NC1CCCCO1)c1cc2ccc(-c3ccc(F)nc3)nc2s1. The number of thiophene rings is 1. The Balaban J connectivity index is 1.60. The number of allylic oxidation sites excluding steroid dienone is 1. The highest BCUT2D eigenvalue weighted by Crippen LogP contribution is 2.30. The van der Waals surface area contributed by atoms with Crippen LogP contribution in [0.4, 0.5) is 4.39 Å². The summed E-state index contributed by atoms with van der Waals surface area (Å²) in [5.41, 5.74) is 8.20. The van der Waals surface area contributed by atoms with Crippen LogP contribution in [0.1, 0.15) is 24.1 Å². The van der Waals surface area contributed by atoms with E-state index in [0.29, 0.717) is 0 Å². The summed E-state index contributed by atoms with van der Waals surface area (Å²) >= 11 is 1.54. The van der Waals surface area contributed by atoms with Gasteiger partial charge in [0.25, 0.3) is 0 Å². The Labute approximate surface area is 160 Å². The molecule has 0 radical (unpaired) electrons. The quantitative estimate of drug-likeness (QED) is 0.536. The summed E-state index contributed by atoms with van der Waals surface area (Å²) in [5, 5.41) is 1.02. The summed E-state index contributed by atoms with van der Waals surface area (Å²) in [5.74, 6) is -0.503. The molecule has 0 bridgehead atoms. The van der Waals surface area contributed by atoms with Gasteiger partial charge in [0.2, 0.25) is 5.95 Å². The second-order valence-corrected chi connectivity index (χ2v) is 7.32. The molecule has 0 amide bonds. The van der Waals surface area contributed by atoms with Crippen LogP contribution in [0.15, 0.2) is 47.7 Å². The fraction of sp³-hybridized carbons (Fsp3) is 0.250. The van der Waals surface area contributed by atoms with Crippen LogP contribution in [-0.2, 0) is 4.74 Å². The third kappa shape index (κ3) is 4.04. The number of fused-ring (bicyclic) bond motifs is 1. The normalized spacial score (nSPS) is 18.4. The van der Waals surface area contributed by atoms with Crippen molar-refractivity contribution in [1.82, 2.24) is 9.97 Å². The molecule has 1 atom stereocenters. The summed E-state index contributed by atoms with van der Waals surface area (Å²) in [6.07, 6.45) is 7.92. The number of rotatable bonds is 4. The number of hydrogen-bond donors (Lipinski definition) is 1. The van der Waals surface area contributed by atoms with Crippen molar-refractivity contribution in [2.75, 3.05) is 6.61 Å². The first-order valence-corrected chi connectivity index (χ1v) is 9.64. The molecule has 0 spiro atoms. The van der Waals surface area contributed by atoms with Crippen molar-refractivity contribution in [2.24, 2.45) is 10.7 Å². The van der Waals surface area contributed by atoms with Crippen LogP contribution in [-0.4, -0.2) is 29.0 Å². The zero-order chi connectivity index (χ0) is 18.6. The number of nitrogens with zero attached hydrogens (tertiary/aromatic N) is 3. The highest BCUT2D eigenvalue weighted by Gasteiger charge is 2.13. The Hall–Kier alpha value is -2.64. The smallest absolute Gasteiger partial charge is 0.212 e. The molecule has 4 rings (SSSR count). The van der Waals surface area contributed by atoms with Crippen molar-refractivity contribution in [3.05, 3.63) is 53.6 Å². The average Bonchev–Trinajstić information content (AvgIpc) is 3.13. The van der Waals surface area contributed by atoms with E-state index < -0.39 is 5.95 Å². The second-order valence-electron chi connectivity index (χ2n) is 6.29. The van der Waals surface area contributed by atoms with Crippen LogP contribution in [0.2, 0.25) is 0 Å². The van der Waals surface area contributed by atoms with E-state index in [2.05, 4.69) is 15.0 Å². The lowest BCUT2D eigenvalue weighted by Crippen LogP contribution is -2.16. The van der Waals surface area contributed by atoms with Crippen LogP contribution in [0.5, 0.6) is 0 Å². The molecular weight excluding hydrogens is 363 g/mol. The van der Waals surface area contributed by atoms with Gasteiger partial charge in [0, 0.05) is 46.6 Å². The van der Waals surface area contributed by atoms with E-state index in [1.165, 1.54) is 12.3 Å².